The molecule has 1 saturated heterocycles. The van der Waals surface area contributed by atoms with Gasteiger partial charge in [-0.3, -0.25) is 0 Å². The lowest BCUT2D eigenvalue weighted by Gasteiger charge is -2.49. The van der Waals surface area contributed by atoms with E-state index in [1.807, 2.05) is 7.05 Å². The zero-order valence-electron chi connectivity index (χ0n) is 20.0. The van der Waals surface area contributed by atoms with E-state index in [0.29, 0.717) is 6.10 Å². The van der Waals surface area contributed by atoms with Gasteiger partial charge in [0.2, 0.25) is 0 Å². The quantitative estimate of drug-likeness (QED) is 0.539. The van der Waals surface area contributed by atoms with Crippen LogP contribution in [0.3, 0.4) is 0 Å². The third-order valence-electron chi connectivity index (χ3n) is 8.83. The van der Waals surface area contributed by atoms with Crippen molar-refractivity contribution in [1.82, 2.24) is 5.32 Å². The topological polar surface area (TPSA) is 30.5 Å². The van der Waals surface area contributed by atoms with Crippen molar-refractivity contribution in [3.63, 3.8) is 0 Å². The Morgan fingerprint density at radius 1 is 1.13 bits per heavy atom. The zero-order valence-corrected chi connectivity index (χ0v) is 20.0. The fourth-order valence-corrected chi connectivity index (χ4v) is 6.89. The summed E-state index contributed by atoms with van der Waals surface area (Å²) in [6.07, 6.45) is 17.2. The number of hydrogen-bond donors (Lipinski definition) is 1. The number of nitrogens with one attached hydrogen (secondary N) is 1. The number of ether oxygens (including phenoxy) is 2. The van der Waals surface area contributed by atoms with E-state index >= 15 is 0 Å². The van der Waals surface area contributed by atoms with Crippen LogP contribution in [0.4, 0.5) is 0 Å². The molecule has 170 valence electrons. The molecule has 3 aliphatic carbocycles. The van der Waals surface area contributed by atoms with E-state index in [2.05, 4.69) is 32.2 Å². The van der Waals surface area contributed by atoms with Gasteiger partial charge in [0.1, 0.15) is 12.4 Å². The molecule has 4 fully saturated rings. The monoisotopic (exact) mass is 415 g/mol. The molecule has 0 aromatic heterocycles. The molecule has 0 spiro atoms. The lowest BCUT2D eigenvalue weighted by molar-refractivity contribution is -0.0955. The lowest BCUT2D eigenvalue weighted by atomic mass is 9.57. The van der Waals surface area contributed by atoms with Gasteiger partial charge in [-0.1, -0.05) is 33.1 Å². The molecule has 3 nitrogen and oxygen atoms in total. The molecule has 0 bridgehead atoms. The van der Waals surface area contributed by atoms with Crippen molar-refractivity contribution in [1.29, 1.82) is 0 Å². The predicted octanol–water partition coefficient (Wildman–Crippen LogP) is 6.40. The van der Waals surface area contributed by atoms with Crippen molar-refractivity contribution in [3.05, 3.63) is 23.0 Å². The summed E-state index contributed by atoms with van der Waals surface area (Å²) in [5.41, 5.74) is 3.06. The van der Waals surface area contributed by atoms with Crippen molar-refractivity contribution in [3.8, 4) is 0 Å². The van der Waals surface area contributed by atoms with Gasteiger partial charge >= 0.3 is 0 Å². The van der Waals surface area contributed by atoms with E-state index in [9.17, 15) is 0 Å². The Kier molecular flexibility index (Phi) is 7.30. The van der Waals surface area contributed by atoms with E-state index in [-0.39, 0.29) is 5.60 Å². The van der Waals surface area contributed by atoms with Crippen molar-refractivity contribution in [2.45, 2.75) is 103 Å². The summed E-state index contributed by atoms with van der Waals surface area (Å²) in [6, 6.07) is 0. The molecule has 0 aromatic carbocycles. The minimum Gasteiger partial charge on any atom is -0.489 e. The molecule has 5 rings (SSSR count). The Bertz CT molecular complexity index is 643. The van der Waals surface area contributed by atoms with Crippen LogP contribution in [0.25, 0.3) is 0 Å². The van der Waals surface area contributed by atoms with E-state index in [0.717, 1.165) is 36.8 Å². The largest absolute Gasteiger partial charge is 0.489 e. The molecule has 30 heavy (non-hydrogen) atoms. The van der Waals surface area contributed by atoms with Crippen LogP contribution in [0.2, 0.25) is 0 Å². The van der Waals surface area contributed by atoms with Gasteiger partial charge in [-0.25, -0.2) is 0 Å². The summed E-state index contributed by atoms with van der Waals surface area (Å²) in [7, 11) is 1.98. The first kappa shape index (κ1) is 22.4. The molecule has 5 aliphatic rings. The highest BCUT2D eigenvalue weighted by atomic mass is 16.5. The minimum absolute atomic E-state index is 0.113. The van der Waals surface area contributed by atoms with Crippen LogP contribution < -0.4 is 5.32 Å². The maximum Gasteiger partial charge on any atom is 0.124 e. The number of fused-ring (bicyclic) bond motifs is 3. The van der Waals surface area contributed by atoms with Crippen LogP contribution in [-0.4, -0.2) is 31.9 Å². The minimum atomic E-state index is 0.113. The van der Waals surface area contributed by atoms with Crippen molar-refractivity contribution < 1.29 is 9.47 Å². The second-order valence-corrected chi connectivity index (χ2v) is 10.7. The van der Waals surface area contributed by atoms with Crippen LogP contribution in [0.5, 0.6) is 0 Å². The third kappa shape index (κ3) is 4.39. The Hall–Kier alpha value is -0.800. The smallest absolute Gasteiger partial charge is 0.124 e. The first-order valence-corrected chi connectivity index (χ1v) is 12.9. The molecule has 1 N–H and O–H groups in total. The first-order chi connectivity index (χ1) is 14.6. The Labute approximate surface area is 185 Å². The van der Waals surface area contributed by atoms with Gasteiger partial charge in [0, 0.05) is 5.57 Å². The lowest BCUT2D eigenvalue weighted by Crippen LogP contribution is -2.47. The zero-order chi connectivity index (χ0) is 21.1. The predicted molar refractivity (Wildman–Crippen MR) is 124 cm³/mol. The van der Waals surface area contributed by atoms with Crippen LogP contribution in [0.15, 0.2) is 23.0 Å². The molecule has 2 heterocycles. The highest BCUT2D eigenvalue weighted by molar-refractivity contribution is 5.40. The first-order valence-electron chi connectivity index (χ1n) is 12.9. The summed E-state index contributed by atoms with van der Waals surface area (Å²) in [5.74, 6) is 4.77. The van der Waals surface area contributed by atoms with Crippen molar-refractivity contribution >= 4 is 0 Å². The molecule has 0 aromatic rings. The molecule has 0 amide bonds. The maximum absolute atomic E-state index is 6.79. The molecule has 0 radical (unpaired) electrons. The SMILES string of the molecule is CC1CCCC2C1CCC1(C)OC(C3=CCOC3=C3CCC3)CC21.CCCCNC. The summed E-state index contributed by atoms with van der Waals surface area (Å²) in [5, 5.41) is 3.07. The molecular weight excluding hydrogens is 370 g/mol. The Balaban J connectivity index is 0.000000322. The summed E-state index contributed by atoms with van der Waals surface area (Å²) in [6.45, 7) is 9.03. The normalized spacial score (nSPS) is 39.9. The van der Waals surface area contributed by atoms with Gasteiger partial charge in [0.05, 0.1) is 11.7 Å². The van der Waals surface area contributed by atoms with Crippen LogP contribution >= 0.6 is 0 Å². The van der Waals surface area contributed by atoms with Gasteiger partial charge in [-0.15, -0.1) is 0 Å². The number of hydrogen-bond acceptors (Lipinski definition) is 3. The second kappa shape index (κ2) is 9.77. The van der Waals surface area contributed by atoms with Gasteiger partial charge < -0.3 is 14.8 Å². The summed E-state index contributed by atoms with van der Waals surface area (Å²) < 4.78 is 12.8. The average molecular weight is 416 g/mol. The molecule has 2 aliphatic heterocycles. The van der Waals surface area contributed by atoms with Crippen LogP contribution in [0.1, 0.15) is 91.4 Å². The van der Waals surface area contributed by atoms with Crippen LogP contribution in [-0.2, 0) is 9.47 Å². The molecule has 3 saturated carbocycles. The number of rotatable bonds is 4. The highest BCUT2D eigenvalue weighted by Gasteiger charge is 2.55. The average Bonchev–Trinajstić information content (AvgIpc) is 3.30. The van der Waals surface area contributed by atoms with Crippen molar-refractivity contribution in [2.75, 3.05) is 20.2 Å². The van der Waals surface area contributed by atoms with Gasteiger partial charge in [-0.05, 0) is 107 Å². The Morgan fingerprint density at radius 3 is 2.63 bits per heavy atom. The molecule has 6 unspecified atom stereocenters. The van der Waals surface area contributed by atoms with E-state index < -0.39 is 0 Å². The fourth-order valence-electron chi connectivity index (χ4n) is 6.89. The summed E-state index contributed by atoms with van der Waals surface area (Å²) >= 11 is 0. The maximum atomic E-state index is 6.79. The molecular formula is C27H45NO2. The molecule has 3 heteroatoms. The number of allylic oxidation sites excluding steroid dienone is 1. The van der Waals surface area contributed by atoms with E-state index in [4.69, 9.17) is 9.47 Å². The summed E-state index contributed by atoms with van der Waals surface area (Å²) in [4.78, 5) is 0. The molecule has 6 atom stereocenters. The second-order valence-electron chi connectivity index (χ2n) is 10.7. The van der Waals surface area contributed by atoms with E-state index in [1.165, 1.54) is 82.0 Å². The van der Waals surface area contributed by atoms with Gasteiger partial charge in [0.25, 0.3) is 0 Å². The van der Waals surface area contributed by atoms with Gasteiger partial charge in [0.15, 0.2) is 0 Å². The van der Waals surface area contributed by atoms with E-state index in [1.54, 1.807) is 5.57 Å². The van der Waals surface area contributed by atoms with Crippen LogP contribution in [0, 0.1) is 23.7 Å². The highest BCUT2D eigenvalue weighted by Crippen LogP contribution is 2.57. The fraction of sp³-hybridized carbons (Fsp3) is 0.852. The van der Waals surface area contributed by atoms with Gasteiger partial charge in [-0.2, -0.15) is 0 Å². The Morgan fingerprint density at radius 2 is 1.97 bits per heavy atom. The standard InChI is InChI=1S/C22H32O2.C5H13N/c1-14-5-3-8-17-16(14)9-11-22(2)19(17)13-20(24-22)18-10-12-23-21(18)15-6-4-7-15;1-3-4-5-6-2/h10,14,16-17,19-20H,3-9,11-13H2,1-2H3;6H,3-5H2,1-2H3. The number of unbranched alkanes of at least 4 members (excludes halogenated alkanes) is 1. The third-order valence-corrected chi connectivity index (χ3v) is 8.83. The van der Waals surface area contributed by atoms with Crippen molar-refractivity contribution in [2.24, 2.45) is 23.7 Å².